The first-order chi connectivity index (χ1) is 4.63. The molecule has 0 saturated carbocycles. The number of hydrogen-bond donors (Lipinski definition) is 0. The van der Waals surface area contributed by atoms with Gasteiger partial charge >= 0.3 is 0 Å². The fourth-order valence-corrected chi connectivity index (χ4v) is 1.78. The highest BCUT2D eigenvalue weighted by molar-refractivity contribution is 9.12. The lowest BCUT2D eigenvalue weighted by Crippen LogP contribution is -2.35. The summed E-state index contributed by atoms with van der Waals surface area (Å²) in [5.74, 6) is 0. The largest absolute Gasteiger partial charge is 0.291 e. The monoisotopic (exact) mass is 307 g/mol. The van der Waals surface area contributed by atoms with Gasteiger partial charge < -0.3 is 0 Å². The zero-order valence-corrected chi connectivity index (χ0v) is 11.2. The van der Waals surface area contributed by atoms with Crippen molar-refractivity contribution in [2.75, 3.05) is 13.1 Å². The third-order valence-electron chi connectivity index (χ3n) is 1.54. The van der Waals surface area contributed by atoms with Gasteiger partial charge in [0.1, 0.15) is 0 Å². The van der Waals surface area contributed by atoms with Gasteiger partial charge in [0.25, 0.3) is 0 Å². The van der Waals surface area contributed by atoms with Crippen LogP contribution in [0.5, 0.6) is 0 Å². The summed E-state index contributed by atoms with van der Waals surface area (Å²) >= 11 is 7.14. The highest BCUT2D eigenvalue weighted by atomic mass is 79.9. The lowest BCUT2D eigenvalue weighted by atomic mass is 10.4. The van der Waals surface area contributed by atoms with E-state index in [1.807, 2.05) is 0 Å². The maximum Gasteiger partial charge on any atom is 0.0779 e. The number of hydrogen-bond acceptors (Lipinski definition) is 1. The molecule has 0 aromatic carbocycles. The van der Waals surface area contributed by atoms with E-state index >= 15 is 0 Å². The molecule has 0 aliphatic carbocycles. The van der Waals surface area contributed by atoms with E-state index in [1.54, 1.807) is 0 Å². The summed E-state index contributed by atoms with van der Waals surface area (Å²) in [6.45, 7) is 8.70. The molecule has 0 aliphatic rings. The summed E-state index contributed by atoms with van der Waals surface area (Å²) < 4.78 is 0. The number of alkyl halides is 2. The molecule has 0 spiro atoms. The fourth-order valence-electron chi connectivity index (χ4n) is 0.863. The minimum absolute atomic E-state index is 0. The van der Waals surface area contributed by atoms with Gasteiger partial charge in [-0.1, -0.05) is 52.6 Å². The van der Waals surface area contributed by atoms with E-state index in [0.717, 1.165) is 13.1 Å². The average Bonchev–Trinajstić information content (AvgIpc) is 1.90. The van der Waals surface area contributed by atoms with Gasteiger partial charge in [-0.2, -0.15) is 0 Å². The van der Waals surface area contributed by atoms with Crippen LogP contribution in [0.2, 0.25) is 0 Å². The van der Waals surface area contributed by atoms with Crippen LogP contribution < -0.4 is 0 Å². The second-order valence-corrected chi connectivity index (χ2v) is 4.65. The topological polar surface area (TPSA) is 3.24 Å². The molecule has 0 rings (SSSR count). The van der Waals surface area contributed by atoms with Crippen molar-refractivity contribution in [3.63, 3.8) is 0 Å². The van der Waals surface area contributed by atoms with E-state index in [0.29, 0.717) is 9.78 Å². The lowest BCUT2D eigenvalue weighted by molar-refractivity contribution is 0.289. The van der Waals surface area contributed by atoms with Crippen LogP contribution in [0.25, 0.3) is 0 Å². The van der Waals surface area contributed by atoms with Crippen LogP contribution in [-0.4, -0.2) is 27.8 Å². The summed E-state index contributed by atoms with van der Waals surface area (Å²) in [6, 6.07) is 0. The Morgan fingerprint density at radius 3 is 1.64 bits per heavy atom. The quantitative estimate of drug-likeness (QED) is 0.569. The SMILES string of the molecule is CCN(CC)C(Br)C(C)Br.Cl. The molecule has 0 aromatic rings. The highest BCUT2D eigenvalue weighted by Gasteiger charge is 2.15. The van der Waals surface area contributed by atoms with Gasteiger partial charge in [-0.3, -0.25) is 4.90 Å². The zero-order chi connectivity index (χ0) is 8.15. The van der Waals surface area contributed by atoms with Crippen LogP contribution in [0, 0.1) is 0 Å². The Hall–Kier alpha value is 1.21. The van der Waals surface area contributed by atoms with Crippen molar-refractivity contribution in [2.45, 2.75) is 30.5 Å². The lowest BCUT2D eigenvalue weighted by Gasteiger charge is -2.26. The van der Waals surface area contributed by atoms with Gasteiger partial charge in [-0.05, 0) is 13.1 Å². The van der Waals surface area contributed by atoms with Crippen LogP contribution in [0.4, 0.5) is 0 Å². The Morgan fingerprint density at radius 1 is 1.18 bits per heavy atom. The molecule has 0 aliphatic heterocycles. The predicted octanol–water partition coefficient (Wildman–Crippen LogP) is 3.25. The first-order valence-electron chi connectivity index (χ1n) is 3.65. The summed E-state index contributed by atoms with van der Waals surface area (Å²) in [7, 11) is 0. The normalized spacial score (nSPS) is 15.8. The fraction of sp³-hybridized carbons (Fsp3) is 1.00. The van der Waals surface area contributed by atoms with Crippen molar-refractivity contribution in [3.05, 3.63) is 0 Å². The molecule has 0 heterocycles. The number of rotatable bonds is 4. The molecule has 4 heteroatoms. The van der Waals surface area contributed by atoms with Crippen LogP contribution in [0.1, 0.15) is 20.8 Å². The van der Waals surface area contributed by atoms with E-state index in [9.17, 15) is 0 Å². The Labute approximate surface area is 92.6 Å². The Balaban J connectivity index is 0. The minimum Gasteiger partial charge on any atom is -0.291 e. The molecule has 0 radical (unpaired) electrons. The van der Waals surface area contributed by atoms with Crippen molar-refractivity contribution in [1.29, 1.82) is 0 Å². The van der Waals surface area contributed by atoms with Crippen LogP contribution in [-0.2, 0) is 0 Å². The smallest absolute Gasteiger partial charge is 0.0779 e. The van der Waals surface area contributed by atoms with Gasteiger partial charge in [-0.25, -0.2) is 0 Å². The zero-order valence-electron chi connectivity index (χ0n) is 7.18. The molecule has 0 fully saturated rings. The van der Waals surface area contributed by atoms with E-state index in [4.69, 9.17) is 0 Å². The molecule has 0 bridgehead atoms. The van der Waals surface area contributed by atoms with Crippen molar-refractivity contribution >= 4 is 44.3 Å². The summed E-state index contributed by atoms with van der Waals surface area (Å²) in [6.07, 6.45) is 0. The minimum atomic E-state index is 0. The molecule has 0 saturated heterocycles. The molecule has 70 valence electrons. The van der Waals surface area contributed by atoms with Crippen molar-refractivity contribution in [3.8, 4) is 0 Å². The maximum atomic E-state index is 3.61. The van der Waals surface area contributed by atoms with Gasteiger partial charge in [-0.15, -0.1) is 12.4 Å². The van der Waals surface area contributed by atoms with E-state index in [2.05, 4.69) is 57.5 Å². The molecule has 1 nitrogen and oxygen atoms in total. The first-order valence-corrected chi connectivity index (χ1v) is 5.48. The number of halogens is 3. The molecule has 2 unspecified atom stereocenters. The standard InChI is InChI=1S/C7H15Br2N.ClH/c1-4-10(5-2)7(9)6(3)8;/h6-7H,4-5H2,1-3H3;1H. The maximum absolute atomic E-state index is 3.61. The van der Waals surface area contributed by atoms with Crippen molar-refractivity contribution in [2.24, 2.45) is 0 Å². The van der Waals surface area contributed by atoms with Gasteiger partial charge in [0.2, 0.25) is 0 Å². The Kier molecular flexibility index (Phi) is 10.5. The molecule has 2 atom stereocenters. The second kappa shape index (κ2) is 7.84. The molecular weight excluding hydrogens is 293 g/mol. The summed E-state index contributed by atoms with van der Waals surface area (Å²) in [4.78, 5) is 3.33. The van der Waals surface area contributed by atoms with Gasteiger partial charge in [0, 0.05) is 4.83 Å². The molecule has 0 amide bonds. The highest BCUT2D eigenvalue weighted by Crippen LogP contribution is 2.17. The average molecular weight is 309 g/mol. The van der Waals surface area contributed by atoms with E-state index in [1.165, 1.54) is 0 Å². The van der Waals surface area contributed by atoms with E-state index in [-0.39, 0.29) is 12.4 Å². The van der Waals surface area contributed by atoms with Crippen molar-refractivity contribution < 1.29 is 0 Å². The summed E-state index contributed by atoms with van der Waals surface area (Å²) in [5, 5.41) is 0. The van der Waals surface area contributed by atoms with Crippen LogP contribution in [0.3, 0.4) is 0 Å². The predicted molar refractivity (Wildman–Crippen MR) is 61.3 cm³/mol. The summed E-state index contributed by atoms with van der Waals surface area (Å²) in [5.41, 5.74) is 0. The second-order valence-electron chi connectivity index (χ2n) is 2.27. The molecule has 11 heavy (non-hydrogen) atoms. The first kappa shape index (κ1) is 14.7. The Bertz CT molecular complexity index is 86.5. The van der Waals surface area contributed by atoms with Crippen molar-refractivity contribution in [1.82, 2.24) is 4.90 Å². The van der Waals surface area contributed by atoms with Crippen LogP contribution >= 0.6 is 44.3 Å². The third kappa shape index (κ3) is 5.45. The molecule has 0 aromatic heterocycles. The van der Waals surface area contributed by atoms with Gasteiger partial charge in [0.05, 0.1) is 4.95 Å². The van der Waals surface area contributed by atoms with E-state index < -0.39 is 0 Å². The van der Waals surface area contributed by atoms with Crippen LogP contribution in [0.15, 0.2) is 0 Å². The number of nitrogens with zero attached hydrogens (tertiary/aromatic N) is 1. The van der Waals surface area contributed by atoms with Gasteiger partial charge in [0.15, 0.2) is 0 Å². The Morgan fingerprint density at radius 2 is 1.55 bits per heavy atom. The molecule has 0 N–H and O–H groups in total. The molecular formula is C7H16Br2ClN. The third-order valence-corrected chi connectivity index (χ3v) is 4.12.